The molecule has 1 amide bonds. The molecule has 1 saturated carbocycles. The summed E-state index contributed by atoms with van der Waals surface area (Å²) in [6.07, 6.45) is 6.48. The third kappa shape index (κ3) is 8.97. The van der Waals surface area contributed by atoms with Crippen LogP contribution in [0, 0.1) is 11.8 Å². The van der Waals surface area contributed by atoms with Crippen LogP contribution in [-0.4, -0.2) is 30.8 Å². The lowest BCUT2D eigenvalue weighted by atomic mass is 9.81. The Morgan fingerprint density at radius 2 is 2.05 bits per heavy atom. The highest BCUT2D eigenvalue weighted by molar-refractivity contribution is 5.67. The number of hydrogen-bond acceptors (Lipinski definition) is 3. The van der Waals surface area contributed by atoms with E-state index in [-0.39, 0.29) is 12.1 Å². The summed E-state index contributed by atoms with van der Waals surface area (Å²) in [5.41, 5.74) is -0.432. The highest BCUT2D eigenvalue weighted by atomic mass is 16.6. The van der Waals surface area contributed by atoms with Crippen LogP contribution in [0.2, 0.25) is 0 Å². The molecular formula is C17H34N2O2. The summed E-state index contributed by atoms with van der Waals surface area (Å²) < 4.78 is 5.22. The van der Waals surface area contributed by atoms with Gasteiger partial charge < -0.3 is 15.4 Å². The molecule has 0 aromatic heterocycles. The normalized spacial score (nSPS) is 24.4. The molecule has 0 saturated heterocycles. The Balaban J connectivity index is 2.08. The molecule has 2 N–H and O–H groups in total. The number of rotatable bonds is 6. The SMILES string of the molecule is CC1CCCC(CCNC(C)CNC(=O)OC(C)(C)C)C1. The van der Waals surface area contributed by atoms with Gasteiger partial charge >= 0.3 is 6.09 Å². The van der Waals surface area contributed by atoms with E-state index in [9.17, 15) is 4.79 Å². The fourth-order valence-corrected chi connectivity index (χ4v) is 2.98. The molecule has 3 atom stereocenters. The van der Waals surface area contributed by atoms with Crippen molar-refractivity contribution >= 4 is 6.09 Å². The molecule has 3 unspecified atom stereocenters. The van der Waals surface area contributed by atoms with Crippen molar-refractivity contribution in [2.24, 2.45) is 11.8 Å². The van der Waals surface area contributed by atoms with Gasteiger partial charge in [0.25, 0.3) is 0 Å². The standard InChI is InChI=1S/C17H34N2O2/c1-13-7-6-8-15(11-13)9-10-18-14(2)12-19-16(20)21-17(3,4)5/h13-15,18H,6-12H2,1-5H3,(H,19,20). The Kier molecular flexibility index (Phi) is 7.50. The fourth-order valence-electron chi connectivity index (χ4n) is 2.98. The van der Waals surface area contributed by atoms with E-state index in [0.29, 0.717) is 6.54 Å². The number of carbonyl (C=O) groups is 1. The van der Waals surface area contributed by atoms with E-state index in [2.05, 4.69) is 24.5 Å². The quantitative estimate of drug-likeness (QED) is 0.786. The van der Waals surface area contributed by atoms with Crippen LogP contribution in [0.15, 0.2) is 0 Å². The lowest BCUT2D eigenvalue weighted by Gasteiger charge is -2.27. The van der Waals surface area contributed by atoms with Crippen molar-refractivity contribution in [3.63, 3.8) is 0 Å². The zero-order chi connectivity index (χ0) is 15.9. The first-order valence-electron chi connectivity index (χ1n) is 8.46. The van der Waals surface area contributed by atoms with Gasteiger partial charge in [-0.3, -0.25) is 0 Å². The Hall–Kier alpha value is -0.770. The number of carbonyl (C=O) groups excluding carboxylic acids is 1. The van der Waals surface area contributed by atoms with Gasteiger partial charge in [0.05, 0.1) is 0 Å². The maximum Gasteiger partial charge on any atom is 0.407 e. The van der Waals surface area contributed by atoms with E-state index < -0.39 is 5.60 Å². The lowest BCUT2D eigenvalue weighted by molar-refractivity contribution is 0.0523. The molecule has 4 nitrogen and oxygen atoms in total. The third-order valence-electron chi connectivity index (χ3n) is 4.04. The summed E-state index contributed by atoms with van der Waals surface area (Å²) in [5, 5.41) is 6.30. The van der Waals surface area contributed by atoms with E-state index in [1.807, 2.05) is 20.8 Å². The topological polar surface area (TPSA) is 50.4 Å². The molecule has 0 radical (unpaired) electrons. The molecular weight excluding hydrogens is 264 g/mol. The van der Waals surface area contributed by atoms with Gasteiger partial charge in [-0.05, 0) is 58.9 Å². The van der Waals surface area contributed by atoms with E-state index in [1.54, 1.807) is 0 Å². The molecule has 1 fully saturated rings. The minimum atomic E-state index is -0.432. The predicted molar refractivity (Wildman–Crippen MR) is 87.4 cm³/mol. The third-order valence-corrected chi connectivity index (χ3v) is 4.04. The number of hydrogen-bond donors (Lipinski definition) is 2. The zero-order valence-corrected chi connectivity index (χ0v) is 14.5. The molecule has 1 aliphatic carbocycles. The van der Waals surface area contributed by atoms with Crippen molar-refractivity contribution < 1.29 is 9.53 Å². The van der Waals surface area contributed by atoms with Crippen molar-refractivity contribution in [3.05, 3.63) is 0 Å². The molecule has 0 spiro atoms. The number of ether oxygens (including phenoxy) is 1. The lowest BCUT2D eigenvalue weighted by Crippen LogP contribution is -2.41. The van der Waals surface area contributed by atoms with E-state index in [1.165, 1.54) is 32.1 Å². The first kappa shape index (κ1) is 18.3. The fraction of sp³-hybridized carbons (Fsp3) is 0.941. The van der Waals surface area contributed by atoms with Crippen molar-refractivity contribution in [1.82, 2.24) is 10.6 Å². The van der Waals surface area contributed by atoms with Crippen LogP contribution in [0.1, 0.15) is 66.7 Å². The Morgan fingerprint density at radius 1 is 1.33 bits per heavy atom. The van der Waals surface area contributed by atoms with Crippen molar-refractivity contribution in [2.45, 2.75) is 78.4 Å². The molecule has 0 aromatic carbocycles. The maximum absolute atomic E-state index is 11.6. The summed E-state index contributed by atoms with van der Waals surface area (Å²) in [4.78, 5) is 11.6. The monoisotopic (exact) mass is 298 g/mol. The second kappa shape index (κ2) is 8.62. The molecule has 0 bridgehead atoms. The summed E-state index contributed by atoms with van der Waals surface area (Å²) >= 11 is 0. The van der Waals surface area contributed by atoms with Crippen LogP contribution in [0.25, 0.3) is 0 Å². The molecule has 124 valence electrons. The summed E-state index contributed by atoms with van der Waals surface area (Å²) in [5.74, 6) is 1.78. The average Bonchev–Trinajstić information content (AvgIpc) is 2.34. The van der Waals surface area contributed by atoms with Gasteiger partial charge in [0, 0.05) is 12.6 Å². The molecule has 0 aromatic rings. The van der Waals surface area contributed by atoms with Crippen LogP contribution < -0.4 is 10.6 Å². The molecule has 1 aliphatic rings. The summed E-state index contributed by atoms with van der Waals surface area (Å²) in [6.45, 7) is 11.7. The van der Waals surface area contributed by atoms with Gasteiger partial charge in [-0.15, -0.1) is 0 Å². The van der Waals surface area contributed by atoms with E-state index in [4.69, 9.17) is 4.74 Å². The molecule has 4 heteroatoms. The zero-order valence-electron chi connectivity index (χ0n) is 14.5. The van der Waals surface area contributed by atoms with E-state index >= 15 is 0 Å². The average molecular weight is 298 g/mol. The van der Waals surface area contributed by atoms with Crippen LogP contribution in [0.3, 0.4) is 0 Å². The number of nitrogens with one attached hydrogen (secondary N) is 2. The van der Waals surface area contributed by atoms with Crippen LogP contribution in [-0.2, 0) is 4.74 Å². The first-order valence-corrected chi connectivity index (χ1v) is 8.46. The van der Waals surface area contributed by atoms with Gasteiger partial charge in [0.1, 0.15) is 5.60 Å². The predicted octanol–water partition coefficient (Wildman–Crippen LogP) is 3.71. The smallest absolute Gasteiger partial charge is 0.407 e. The minimum absolute atomic E-state index is 0.276. The Labute approximate surface area is 130 Å². The van der Waals surface area contributed by atoms with Gasteiger partial charge in [-0.25, -0.2) is 4.79 Å². The Bertz CT molecular complexity index is 312. The molecule has 0 heterocycles. The number of amides is 1. The minimum Gasteiger partial charge on any atom is -0.444 e. The Morgan fingerprint density at radius 3 is 2.67 bits per heavy atom. The van der Waals surface area contributed by atoms with Gasteiger partial charge in [-0.1, -0.05) is 26.2 Å². The highest BCUT2D eigenvalue weighted by Crippen LogP contribution is 2.30. The number of alkyl carbamates (subject to hydrolysis) is 1. The summed E-state index contributed by atoms with van der Waals surface area (Å²) in [7, 11) is 0. The first-order chi connectivity index (χ1) is 9.76. The molecule has 21 heavy (non-hydrogen) atoms. The van der Waals surface area contributed by atoms with Gasteiger partial charge in [-0.2, -0.15) is 0 Å². The van der Waals surface area contributed by atoms with Crippen LogP contribution in [0.5, 0.6) is 0 Å². The molecule has 0 aliphatic heterocycles. The maximum atomic E-state index is 11.6. The van der Waals surface area contributed by atoms with Crippen molar-refractivity contribution in [3.8, 4) is 0 Å². The second-order valence-corrected chi connectivity index (χ2v) is 7.66. The molecule has 1 rings (SSSR count). The summed E-state index contributed by atoms with van der Waals surface area (Å²) in [6, 6.07) is 0.276. The van der Waals surface area contributed by atoms with Gasteiger partial charge in [0.15, 0.2) is 0 Å². The van der Waals surface area contributed by atoms with E-state index in [0.717, 1.165) is 18.4 Å². The second-order valence-electron chi connectivity index (χ2n) is 7.66. The van der Waals surface area contributed by atoms with Crippen molar-refractivity contribution in [1.29, 1.82) is 0 Å². The van der Waals surface area contributed by atoms with Crippen LogP contribution in [0.4, 0.5) is 4.79 Å². The van der Waals surface area contributed by atoms with Crippen molar-refractivity contribution in [2.75, 3.05) is 13.1 Å². The largest absolute Gasteiger partial charge is 0.444 e. The highest BCUT2D eigenvalue weighted by Gasteiger charge is 2.19. The van der Waals surface area contributed by atoms with Gasteiger partial charge in [0.2, 0.25) is 0 Å². The van der Waals surface area contributed by atoms with Crippen LogP contribution >= 0.6 is 0 Å².